The third kappa shape index (κ3) is 5.47. The van der Waals surface area contributed by atoms with Crippen molar-refractivity contribution in [1.82, 2.24) is 15.0 Å². The van der Waals surface area contributed by atoms with Crippen LogP contribution >= 0.6 is 23.2 Å². The quantitative estimate of drug-likeness (QED) is 0.456. The molecule has 2 saturated heterocycles. The number of rotatable bonds is 6. The summed E-state index contributed by atoms with van der Waals surface area (Å²) in [5, 5.41) is 9.86. The summed E-state index contributed by atoms with van der Waals surface area (Å²) in [5.74, 6) is 1.83. The van der Waals surface area contributed by atoms with Crippen molar-refractivity contribution in [1.29, 1.82) is 0 Å². The van der Waals surface area contributed by atoms with Gasteiger partial charge in [0.1, 0.15) is 17.5 Å². The molecule has 0 aliphatic carbocycles. The van der Waals surface area contributed by atoms with Crippen molar-refractivity contribution in [2.24, 2.45) is 0 Å². The molecule has 0 unspecified atom stereocenters. The molecule has 2 aliphatic rings. The van der Waals surface area contributed by atoms with Gasteiger partial charge in [-0.1, -0.05) is 23.2 Å². The first-order valence-corrected chi connectivity index (χ1v) is 13.5. The average Bonchev–Trinajstić information content (AvgIpc) is 3.31. The van der Waals surface area contributed by atoms with E-state index in [1.54, 1.807) is 18.3 Å². The van der Waals surface area contributed by atoms with Crippen molar-refractivity contribution in [3.05, 3.63) is 58.0 Å². The van der Waals surface area contributed by atoms with Crippen LogP contribution in [0.3, 0.4) is 0 Å². The Kier molecular flexibility index (Phi) is 7.70. The van der Waals surface area contributed by atoms with Gasteiger partial charge in [-0.2, -0.15) is 4.98 Å². The van der Waals surface area contributed by atoms with Gasteiger partial charge in [0.25, 0.3) is 0 Å². The zero-order chi connectivity index (χ0) is 26.1. The van der Waals surface area contributed by atoms with Crippen LogP contribution in [-0.2, 0) is 6.42 Å². The molecule has 1 aromatic carbocycles. The van der Waals surface area contributed by atoms with E-state index in [2.05, 4.69) is 33.5 Å². The zero-order valence-electron chi connectivity index (χ0n) is 21.0. The van der Waals surface area contributed by atoms with Crippen LogP contribution < -0.4 is 14.7 Å². The van der Waals surface area contributed by atoms with Crippen molar-refractivity contribution in [2.75, 3.05) is 47.5 Å². The average molecular weight is 545 g/mol. The van der Waals surface area contributed by atoms with Gasteiger partial charge in [0, 0.05) is 62.7 Å². The standard InChI is InChI=1S/C27H31Cl2FN6O/c1-17-4-3-8-36(17)27-32-24(20-5-6-23(30)21(28)13-20)14-25(33-27)35-10-9-34(16-18(35)2)26-22(29)12-19(7-11-37)15-31-26/h5-6,12-15,17-18,37H,3-4,7-11,16H2,1-2H3/t17-,18-/m1/s1. The Morgan fingerprint density at radius 3 is 2.51 bits per heavy atom. The number of pyridine rings is 1. The molecule has 5 rings (SSSR count). The molecular formula is C27H31Cl2FN6O. The lowest BCUT2D eigenvalue weighted by atomic mass is 10.1. The topological polar surface area (TPSA) is 68.6 Å². The number of aromatic nitrogens is 3. The molecular weight excluding hydrogens is 514 g/mol. The van der Waals surface area contributed by atoms with E-state index in [4.69, 9.17) is 33.2 Å². The zero-order valence-corrected chi connectivity index (χ0v) is 22.6. The minimum atomic E-state index is -0.450. The fourth-order valence-corrected chi connectivity index (χ4v) is 5.68. The molecule has 3 aromatic rings. The summed E-state index contributed by atoms with van der Waals surface area (Å²) in [4.78, 5) is 21.2. The molecule has 7 nitrogen and oxygen atoms in total. The third-order valence-electron chi connectivity index (χ3n) is 7.23. The Hall–Kier alpha value is -2.68. The molecule has 2 fully saturated rings. The Balaban J connectivity index is 1.44. The Morgan fingerprint density at radius 2 is 1.84 bits per heavy atom. The molecule has 0 saturated carbocycles. The monoisotopic (exact) mass is 544 g/mol. The number of aliphatic hydroxyl groups is 1. The summed E-state index contributed by atoms with van der Waals surface area (Å²) in [6.07, 6.45) is 4.52. The van der Waals surface area contributed by atoms with Crippen molar-refractivity contribution >= 4 is 40.8 Å². The highest BCUT2D eigenvalue weighted by molar-refractivity contribution is 6.33. The number of piperazine rings is 1. The summed E-state index contributed by atoms with van der Waals surface area (Å²) >= 11 is 12.7. The first kappa shape index (κ1) is 25.9. The van der Waals surface area contributed by atoms with E-state index in [1.165, 1.54) is 6.07 Å². The van der Waals surface area contributed by atoms with Crippen LogP contribution in [0.25, 0.3) is 11.3 Å². The Bertz CT molecular complexity index is 1280. The fourth-order valence-electron chi connectivity index (χ4n) is 5.19. The van der Waals surface area contributed by atoms with Crippen LogP contribution in [-0.4, -0.2) is 64.9 Å². The summed E-state index contributed by atoms with van der Waals surface area (Å²) in [7, 11) is 0. The molecule has 2 aliphatic heterocycles. The van der Waals surface area contributed by atoms with Crippen molar-refractivity contribution in [2.45, 2.75) is 45.2 Å². The van der Waals surface area contributed by atoms with Crippen LogP contribution in [0.4, 0.5) is 22.0 Å². The number of hydrogen-bond donors (Lipinski definition) is 1. The van der Waals surface area contributed by atoms with Crippen molar-refractivity contribution in [3.8, 4) is 11.3 Å². The highest BCUT2D eigenvalue weighted by Crippen LogP contribution is 2.33. The number of halogens is 3. The molecule has 4 heterocycles. The first-order valence-electron chi connectivity index (χ1n) is 12.7. The van der Waals surface area contributed by atoms with Crippen LogP contribution in [0.15, 0.2) is 36.5 Å². The SMILES string of the molecule is C[C@@H]1CN(c2ncc(CCO)cc2Cl)CCN1c1cc(-c2ccc(F)c(Cl)c2)nc(N2CCC[C@H]2C)n1. The Labute approximate surface area is 226 Å². The van der Waals surface area contributed by atoms with E-state index in [1.807, 2.05) is 12.1 Å². The Morgan fingerprint density at radius 1 is 1.00 bits per heavy atom. The normalized spacial score (nSPS) is 20.1. The molecule has 2 atom stereocenters. The van der Waals surface area contributed by atoms with Gasteiger partial charge in [-0.15, -0.1) is 0 Å². The second-order valence-corrected chi connectivity index (χ2v) is 10.7. The first-order chi connectivity index (χ1) is 17.8. The molecule has 1 N–H and O–H groups in total. The predicted octanol–water partition coefficient (Wildman–Crippen LogP) is 5.22. The van der Waals surface area contributed by atoms with Crippen LogP contribution in [0, 0.1) is 5.82 Å². The molecule has 2 aromatic heterocycles. The molecule has 37 heavy (non-hydrogen) atoms. The largest absolute Gasteiger partial charge is 0.396 e. The van der Waals surface area contributed by atoms with E-state index in [0.717, 1.165) is 67.5 Å². The fraction of sp³-hybridized carbons (Fsp3) is 0.444. The van der Waals surface area contributed by atoms with Gasteiger partial charge in [0.15, 0.2) is 0 Å². The van der Waals surface area contributed by atoms with Crippen molar-refractivity contribution < 1.29 is 9.50 Å². The molecule has 10 heteroatoms. The number of aliphatic hydroxyl groups excluding tert-OH is 1. The van der Waals surface area contributed by atoms with E-state index >= 15 is 0 Å². The second-order valence-electron chi connectivity index (χ2n) is 9.84. The number of hydrogen-bond acceptors (Lipinski definition) is 7. The summed E-state index contributed by atoms with van der Waals surface area (Å²) in [6, 6.07) is 9.04. The van der Waals surface area contributed by atoms with Crippen molar-refractivity contribution in [3.63, 3.8) is 0 Å². The number of benzene rings is 1. The van der Waals surface area contributed by atoms with Gasteiger partial charge < -0.3 is 19.8 Å². The predicted molar refractivity (Wildman–Crippen MR) is 148 cm³/mol. The van der Waals surface area contributed by atoms with Crippen LogP contribution in [0.5, 0.6) is 0 Å². The maximum atomic E-state index is 13.9. The highest BCUT2D eigenvalue weighted by Gasteiger charge is 2.29. The van der Waals surface area contributed by atoms with Crippen LogP contribution in [0.1, 0.15) is 32.3 Å². The van der Waals surface area contributed by atoms with Gasteiger partial charge >= 0.3 is 0 Å². The number of nitrogens with zero attached hydrogens (tertiary/aromatic N) is 6. The van der Waals surface area contributed by atoms with Gasteiger partial charge in [0.2, 0.25) is 5.95 Å². The molecule has 0 bridgehead atoms. The summed E-state index contributed by atoms with van der Waals surface area (Å²) in [5.41, 5.74) is 2.40. The molecule has 0 radical (unpaired) electrons. The number of anilines is 3. The summed E-state index contributed by atoms with van der Waals surface area (Å²) < 4.78 is 13.9. The lowest BCUT2D eigenvalue weighted by Crippen LogP contribution is -2.52. The lowest BCUT2D eigenvalue weighted by molar-refractivity contribution is 0.299. The maximum absolute atomic E-state index is 13.9. The van der Waals surface area contributed by atoms with Gasteiger partial charge in [-0.25, -0.2) is 14.4 Å². The van der Waals surface area contributed by atoms with E-state index < -0.39 is 5.82 Å². The smallest absolute Gasteiger partial charge is 0.228 e. The molecule has 0 spiro atoms. The van der Waals surface area contributed by atoms with E-state index in [9.17, 15) is 9.50 Å². The lowest BCUT2D eigenvalue weighted by Gasteiger charge is -2.41. The third-order valence-corrected chi connectivity index (χ3v) is 7.79. The minimum absolute atomic E-state index is 0.0658. The minimum Gasteiger partial charge on any atom is -0.396 e. The highest BCUT2D eigenvalue weighted by atomic mass is 35.5. The molecule has 196 valence electrons. The van der Waals surface area contributed by atoms with E-state index in [0.29, 0.717) is 23.4 Å². The van der Waals surface area contributed by atoms with Gasteiger partial charge in [0.05, 0.1) is 15.7 Å². The van der Waals surface area contributed by atoms with Gasteiger partial charge in [-0.3, -0.25) is 0 Å². The van der Waals surface area contributed by atoms with E-state index in [-0.39, 0.29) is 17.7 Å². The maximum Gasteiger partial charge on any atom is 0.228 e. The van der Waals surface area contributed by atoms with Gasteiger partial charge in [-0.05, 0) is 62.9 Å². The summed E-state index contributed by atoms with van der Waals surface area (Å²) in [6.45, 7) is 7.52. The molecule has 0 amide bonds. The second kappa shape index (κ2) is 11.0. The van der Waals surface area contributed by atoms with Crippen LogP contribution in [0.2, 0.25) is 10.0 Å².